The highest BCUT2D eigenvalue weighted by Crippen LogP contribution is 2.38. The molecular weight excluding hydrogens is 725 g/mol. The average molecular weight is 808 g/mol. The molecule has 0 saturated carbocycles. The second-order valence-electron chi connectivity index (χ2n) is 16.1. The van der Waals surface area contributed by atoms with Gasteiger partial charge in [-0.05, 0) is 51.4 Å². The summed E-state index contributed by atoms with van der Waals surface area (Å²) in [6.45, 7) is 5.20. The topological polar surface area (TPSA) is 107 Å². The van der Waals surface area contributed by atoms with Gasteiger partial charge >= 0.3 is 5.97 Å². The Balaban J connectivity index is 2.26. The van der Waals surface area contributed by atoms with E-state index in [2.05, 4.69) is 62.5 Å². The number of allylic oxidation sites excluding steroid dienone is 9. The van der Waals surface area contributed by atoms with Crippen molar-refractivity contribution in [3.63, 3.8) is 0 Å². The molecule has 324 valence electrons. The van der Waals surface area contributed by atoms with Gasteiger partial charge in [-0.25, -0.2) is 0 Å². The van der Waals surface area contributed by atoms with Gasteiger partial charge in [0.15, 0.2) is 0 Å². The lowest BCUT2D eigenvalue weighted by Crippen LogP contribution is -2.37. The molecule has 0 radical (unpaired) electrons. The summed E-state index contributed by atoms with van der Waals surface area (Å²) in [5.74, 6) is -0.418. The van der Waals surface area contributed by atoms with E-state index in [1.807, 2.05) is 33.3 Å². The zero-order valence-electron chi connectivity index (χ0n) is 36.3. The number of likely N-dealkylation sites (N-methyl/N-ethyl adjacent to an activating group) is 1. The Morgan fingerprint density at radius 2 is 1.16 bits per heavy atom. The zero-order valence-corrected chi connectivity index (χ0v) is 37.2. The van der Waals surface area contributed by atoms with Crippen LogP contribution in [0.25, 0.3) is 0 Å². The van der Waals surface area contributed by atoms with Gasteiger partial charge in [0.25, 0.3) is 7.82 Å². The van der Waals surface area contributed by atoms with Gasteiger partial charge in [0.2, 0.25) is 0 Å². The van der Waals surface area contributed by atoms with Crippen molar-refractivity contribution in [2.24, 2.45) is 0 Å². The van der Waals surface area contributed by atoms with Crippen molar-refractivity contribution in [2.45, 2.75) is 173 Å². The minimum Gasteiger partial charge on any atom is -0.756 e. The third-order valence-electron chi connectivity index (χ3n) is 9.57. The number of nitrogens with zero attached hydrogens (tertiary/aromatic N) is 1. The van der Waals surface area contributed by atoms with E-state index in [1.165, 1.54) is 77.0 Å². The van der Waals surface area contributed by atoms with Crippen molar-refractivity contribution in [3.05, 3.63) is 60.8 Å². The van der Waals surface area contributed by atoms with E-state index in [4.69, 9.17) is 23.3 Å². The van der Waals surface area contributed by atoms with Crippen LogP contribution >= 0.6 is 7.82 Å². The van der Waals surface area contributed by atoms with Gasteiger partial charge in [-0.2, -0.15) is 0 Å². The molecule has 10 heteroatoms. The highest BCUT2D eigenvalue weighted by atomic mass is 31.2. The van der Waals surface area contributed by atoms with Crippen molar-refractivity contribution >= 4 is 13.8 Å². The highest BCUT2D eigenvalue weighted by Gasteiger charge is 2.35. The lowest BCUT2D eigenvalue weighted by molar-refractivity contribution is -0.870. The molecule has 56 heavy (non-hydrogen) atoms. The Morgan fingerprint density at radius 1 is 0.661 bits per heavy atom. The number of unbranched alkanes of at least 4 members (excludes halogenated alkanes) is 13. The standard InChI is InChI=1S/C46H82NO8P/c1-6-8-9-10-11-12-13-14-20-23-26-29-32-35-39-51-41-43(42-53-56(49,50)52-40-38-47(3,4)5)54-46(48)37-34-31-28-25-22-19-17-15-16-18-21-24-27-30-33-36-45-44(7-2)55-45/h15-16,19,21-22,24,28,30-31,33,43-45H,6-14,17-18,20,23,25-27,29,32,34-42H2,1-5H3/b16-15+,22-19+,24-21+,31-28+,33-30+. The summed E-state index contributed by atoms with van der Waals surface area (Å²) in [4.78, 5) is 25.0. The van der Waals surface area contributed by atoms with E-state index in [1.54, 1.807) is 0 Å². The molecule has 0 N–H and O–H groups in total. The number of phosphoric acid groups is 1. The van der Waals surface area contributed by atoms with Crippen molar-refractivity contribution in [1.29, 1.82) is 0 Å². The fourth-order valence-corrected chi connectivity index (χ4v) is 6.72. The molecule has 0 aliphatic carbocycles. The maximum absolute atomic E-state index is 12.6. The van der Waals surface area contributed by atoms with Gasteiger partial charge in [0.05, 0.1) is 46.6 Å². The monoisotopic (exact) mass is 808 g/mol. The number of carbonyl (C=O) groups is 1. The summed E-state index contributed by atoms with van der Waals surface area (Å²) >= 11 is 0. The summed E-state index contributed by atoms with van der Waals surface area (Å²) in [6, 6.07) is 0. The first-order valence-electron chi connectivity index (χ1n) is 22.1. The van der Waals surface area contributed by atoms with Crippen LogP contribution in [0.2, 0.25) is 0 Å². The molecule has 4 unspecified atom stereocenters. The minimum absolute atomic E-state index is 0.00939. The predicted molar refractivity (Wildman–Crippen MR) is 230 cm³/mol. The summed E-state index contributed by atoms with van der Waals surface area (Å²) < 4.78 is 40.0. The smallest absolute Gasteiger partial charge is 0.306 e. The Morgan fingerprint density at radius 3 is 1.66 bits per heavy atom. The third-order valence-corrected chi connectivity index (χ3v) is 10.5. The zero-order chi connectivity index (χ0) is 41.0. The van der Waals surface area contributed by atoms with Gasteiger partial charge in [-0.1, -0.05) is 158 Å². The fourth-order valence-electron chi connectivity index (χ4n) is 5.99. The van der Waals surface area contributed by atoms with Crippen molar-refractivity contribution in [3.8, 4) is 0 Å². The number of hydrogen-bond acceptors (Lipinski definition) is 8. The Bertz CT molecular complexity index is 1140. The van der Waals surface area contributed by atoms with Crippen LogP contribution in [0.15, 0.2) is 60.8 Å². The lowest BCUT2D eigenvalue weighted by atomic mass is 10.0. The molecule has 0 amide bonds. The summed E-state index contributed by atoms with van der Waals surface area (Å²) in [6.07, 6.45) is 45.8. The first kappa shape index (κ1) is 52.2. The first-order valence-corrected chi connectivity index (χ1v) is 23.6. The first-order chi connectivity index (χ1) is 27.1. The van der Waals surface area contributed by atoms with Crippen LogP contribution < -0.4 is 4.89 Å². The lowest BCUT2D eigenvalue weighted by Gasteiger charge is -2.28. The summed E-state index contributed by atoms with van der Waals surface area (Å²) in [5.41, 5.74) is 0. The van der Waals surface area contributed by atoms with Crippen molar-refractivity contribution < 1.29 is 42.0 Å². The molecule has 1 fully saturated rings. The molecule has 0 aromatic heterocycles. The van der Waals surface area contributed by atoms with Crippen LogP contribution in [0.4, 0.5) is 0 Å². The largest absolute Gasteiger partial charge is 0.756 e. The van der Waals surface area contributed by atoms with Crippen LogP contribution in [0.1, 0.15) is 155 Å². The predicted octanol–water partition coefficient (Wildman–Crippen LogP) is 11.3. The molecule has 0 aromatic rings. The Labute approximate surface area is 343 Å². The fraction of sp³-hybridized carbons (Fsp3) is 0.761. The average Bonchev–Trinajstić information content (AvgIpc) is 3.92. The SMILES string of the molecule is CCCCCCCCCCCCCCCCOCC(COP(=O)([O-])OCC[N+](C)(C)C)OC(=O)CC/C=C/C/C=C/C/C=C/C/C=C/C/C=C/CC1OC1CC. The van der Waals surface area contributed by atoms with E-state index in [-0.39, 0.29) is 26.2 Å². The van der Waals surface area contributed by atoms with E-state index in [0.29, 0.717) is 36.3 Å². The van der Waals surface area contributed by atoms with E-state index in [9.17, 15) is 14.3 Å². The summed E-state index contributed by atoms with van der Waals surface area (Å²) in [5, 5.41) is 0. The minimum atomic E-state index is -4.55. The number of hydrogen-bond donors (Lipinski definition) is 0. The normalized spacial score (nSPS) is 18.0. The molecule has 1 saturated heterocycles. The number of ether oxygens (including phenoxy) is 3. The van der Waals surface area contributed by atoms with Crippen LogP contribution in [0, 0.1) is 0 Å². The number of phosphoric ester groups is 1. The highest BCUT2D eigenvalue weighted by molar-refractivity contribution is 7.45. The molecule has 1 rings (SSSR count). The van der Waals surface area contributed by atoms with Gasteiger partial charge in [0.1, 0.15) is 19.3 Å². The quantitative estimate of drug-likeness (QED) is 0.0151. The molecule has 9 nitrogen and oxygen atoms in total. The van der Waals surface area contributed by atoms with Gasteiger partial charge in [-0.15, -0.1) is 0 Å². The maximum Gasteiger partial charge on any atom is 0.306 e. The number of esters is 1. The molecule has 0 bridgehead atoms. The molecule has 0 spiro atoms. The van der Waals surface area contributed by atoms with Gasteiger partial charge < -0.3 is 32.6 Å². The van der Waals surface area contributed by atoms with Crippen LogP contribution in [0.3, 0.4) is 0 Å². The number of quaternary nitrogens is 1. The molecule has 1 aliphatic rings. The van der Waals surface area contributed by atoms with Gasteiger partial charge in [0, 0.05) is 13.0 Å². The van der Waals surface area contributed by atoms with Crippen LogP contribution in [-0.2, 0) is 32.6 Å². The Hall–Kier alpha value is -1.84. The van der Waals surface area contributed by atoms with E-state index in [0.717, 1.165) is 51.4 Å². The maximum atomic E-state index is 12.6. The van der Waals surface area contributed by atoms with E-state index < -0.39 is 19.9 Å². The second-order valence-corrected chi connectivity index (χ2v) is 17.5. The molecule has 1 heterocycles. The van der Waals surface area contributed by atoms with Crippen molar-refractivity contribution in [2.75, 3.05) is 54.1 Å². The number of carbonyl (C=O) groups excluding carboxylic acids is 1. The number of epoxide rings is 1. The molecular formula is C46H82NO8P. The third kappa shape index (κ3) is 35.3. The van der Waals surface area contributed by atoms with Crippen molar-refractivity contribution in [1.82, 2.24) is 0 Å². The molecule has 1 aliphatic heterocycles. The summed E-state index contributed by atoms with van der Waals surface area (Å²) in [7, 11) is 1.30. The molecule has 0 aromatic carbocycles. The van der Waals surface area contributed by atoms with E-state index >= 15 is 0 Å². The number of rotatable bonds is 39. The Kier molecular flexibility index (Phi) is 32.7. The van der Waals surface area contributed by atoms with Crippen LogP contribution in [0.5, 0.6) is 0 Å². The van der Waals surface area contributed by atoms with Gasteiger partial charge in [-0.3, -0.25) is 9.36 Å². The molecule has 4 atom stereocenters. The van der Waals surface area contributed by atoms with Crippen LogP contribution in [-0.4, -0.2) is 82.9 Å². The second kappa shape index (κ2) is 35.1.